The highest BCUT2D eigenvalue weighted by Gasteiger charge is 2.19. The molecule has 0 unspecified atom stereocenters. The molecule has 0 bridgehead atoms. The first kappa shape index (κ1) is 29.9. The molecule has 0 spiro atoms. The largest absolute Gasteiger partial charge is 0.394 e. The molecule has 0 fully saturated rings. The zero-order valence-electron chi connectivity index (χ0n) is 20.7. The molecule has 0 aromatic carbocycles. The summed E-state index contributed by atoms with van der Waals surface area (Å²) in [6, 6.07) is -0.829. The molecule has 0 aliphatic rings. The van der Waals surface area contributed by atoms with E-state index < -0.39 is 6.04 Å². The number of amides is 2. The van der Waals surface area contributed by atoms with E-state index in [1.807, 2.05) is 0 Å². The number of rotatable bonds is 23. The van der Waals surface area contributed by atoms with Gasteiger partial charge in [0.1, 0.15) is 6.04 Å². The monoisotopic (exact) mass is 440 g/mol. The van der Waals surface area contributed by atoms with Crippen LogP contribution in [-0.2, 0) is 9.59 Å². The SMILES string of the molecule is CCCCCCCCCCCNC(=O)[C@H](CO)NC(=O)CCCCCCCCCCC. The van der Waals surface area contributed by atoms with Crippen LogP contribution in [0, 0.1) is 0 Å². The molecule has 2 amide bonds. The second-order valence-corrected chi connectivity index (χ2v) is 9.00. The van der Waals surface area contributed by atoms with Crippen molar-refractivity contribution in [1.29, 1.82) is 0 Å². The molecule has 3 N–H and O–H groups in total. The van der Waals surface area contributed by atoms with E-state index >= 15 is 0 Å². The van der Waals surface area contributed by atoms with Gasteiger partial charge < -0.3 is 15.7 Å². The van der Waals surface area contributed by atoms with Crippen molar-refractivity contribution in [3.8, 4) is 0 Å². The molecule has 0 aliphatic carbocycles. The van der Waals surface area contributed by atoms with Crippen LogP contribution in [-0.4, -0.2) is 36.1 Å². The fraction of sp³-hybridized carbons (Fsp3) is 0.923. The quantitative estimate of drug-likeness (QED) is 0.170. The zero-order chi connectivity index (χ0) is 23.0. The van der Waals surface area contributed by atoms with Gasteiger partial charge in [0.15, 0.2) is 0 Å². The lowest BCUT2D eigenvalue weighted by atomic mass is 10.1. The topological polar surface area (TPSA) is 78.4 Å². The smallest absolute Gasteiger partial charge is 0.244 e. The Morgan fingerprint density at radius 1 is 0.645 bits per heavy atom. The van der Waals surface area contributed by atoms with Crippen LogP contribution in [0.25, 0.3) is 0 Å². The Bertz CT molecular complexity index is 415. The minimum Gasteiger partial charge on any atom is -0.394 e. The molecule has 0 radical (unpaired) electrons. The lowest BCUT2D eigenvalue weighted by Gasteiger charge is -2.16. The first-order valence-corrected chi connectivity index (χ1v) is 13.3. The Hall–Kier alpha value is -1.10. The predicted molar refractivity (Wildman–Crippen MR) is 131 cm³/mol. The number of hydrogen-bond acceptors (Lipinski definition) is 3. The van der Waals surface area contributed by atoms with Crippen molar-refractivity contribution in [2.75, 3.05) is 13.2 Å². The number of carbonyl (C=O) groups excluding carboxylic acids is 2. The highest BCUT2D eigenvalue weighted by Crippen LogP contribution is 2.11. The molecule has 0 saturated heterocycles. The van der Waals surface area contributed by atoms with Crippen LogP contribution in [0.1, 0.15) is 136 Å². The molecule has 0 heterocycles. The second kappa shape index (κ2) is 23.6. The summed E-state index contributed by atoms with van der Waals surface area (Å²) in [5, 5.41) is 15.0. The summed E-state index contributed by atoms with van der Waals surface area (Å²) < 4.78 is 0. The van der Waals surface area contributed by atoms with Gasteiger partial charge in [-0.15, -0.1) is 0 Å². The summed E-state index contributed by atoms with van der Waals surface area (Å²) in [6.07, 6.45) is 22.5. The van der Waals surface area contributed by atoms with E-state index in [0.717, 1.165) is 25.7 Å². The third-order valence-electron chi connectivity index (χ3n) is 5.92. The van der Waals surface area contributed by atoms with Gasteiger partial charge >= 0.3 is 0 Å². The number of unbranched alkanes of at least 4 members (excludes halogenated alkanes) is 16. The maximum Gasteiger partial charge on any atom is 0.244 e. The summed E-state index contributed by atoms with van der Waals surface area (Å²) in [5.74, 6) is -0.414. The summed E-state index contributed by atoms with van der Waals surface area (Å²) in [7, 11) is 0. The molecule has 31 heavy (non-hydrogen) atoms. The van der Waals surface area contributed by atoms with Crippen molar-refractivity contribution < 1.29 is 14.7 Å². The number of hydrogen-bond donors (Lipinski definition) is 3. The molecule has 0 aromatic heterocycles. The second-order valence-electron chi connectivity index (χ2n) is 9.00. The number of nitrogens with one attached hydrogen (secondary N) is 2. The Balaban J connectivity index is 3.64. The molecule has 0 saturated carbocycles. The van der Waals surface area contributed by atoms with Gasteiger partial charge in [-0.2, -0.15) is 0 Å². The van der Waals surface area contributed by atoms with Gasteiger partial charge in [0.25, 0.3) is 0 Å². The molecule has 1 atom stereocenters. The lowest BCUT2D eigenvalue weighted by molar-refractivity contribution is -0.130. The third kappa shape index (κ3) is 20.6. The highest BCUT2D eigenvalue weighted by atomic mass is 16.3. The average Bonchev–Trinajstić information content (AvgIpc) is 2.77. The van der Waals surface area contributed by atoms with Crippen LogP contribution >= 0.6 is 0 Å². The van der Waals surface area contributed by atoms with Crippen molar-refractivity contribution in [3.05, 3.63) is 0 Å². The summed E-state index contributed by atoms with van der Waals surface area (Å²) in [6.45, 7) is 4.72. The minimum atomic E-state index is -0.829. The van der Waals surface area contributed by atoms with Crippen LogP contribution in [0.3, 0.4) is 0 Å². The van der Waals surface area contributed by atoms with E-state index in [9.17, 15) is 14.7 Å². The Morgan fingerprint density at radius 2 is 1.06 bits per heavy atom. The van der Waals surface area contributed by atoms with Gasteiger partial charge in [-0.05, 0) is 12.8 Å². The van der Waals surface area contributed by atoms with Crippen LogP contribution in [0.4, 0.5) is 0 Å². The van der Waals surface area contributed by atoms with Crippen molar-refractivity contribution in [1.82, 2.24) is 10.6 Å². The van der Waals surface area contributed by atoms with Crippen LogP contribution in [0.2, 0.25) is 0 Å². The van der Waals surface area contributed by atoms with Crippen molar-refractivity contribution >= 4 is 11.8 Å². The molecule has 184 valence electrons. The van der Waals surface area contributed by atoms with E-state index in [0.29, 0.717) is 13.0 Å². The first-order valence-electron chi connectivity index (χ1n) is 13.3. The number of aliphatic hydroxyl groups excluding tert-OH is 1. The van der Waals surface area contributed by atoms with Crippen LogP contribution in [0.5, 0.6) is 0 Å². The molecule has 0 aliphatic heterocycles. The fourth-order valence-electron chi connectivity index (χ4n) is 3.83. The standard InChI is InChI=1S/C26H52N2O3/c1-3-5-7-9-11-13-15-17-19-21-25(30)28-24(23-29)26(31)27-22-20-18-16-14-12-10-8-6-4-2/h24,29H,3-23H2,1-2H3,(H,27,31)(H,28,30)/t24-/m0/s1. The maximum absolute atomic E-state index is 12.2. The van der Waals surface area contributed by atoms with Crippen molar-refractivity contribution in [3.63, 3.8) is 0 Å². The summed E-state index contributed by atoms with van der Waals surface area (Å²) in [4.78, 5) is 24.2. The Labute approximate surface area is 192 Å². The number of carbonyl (C=O) groups is 2. The molecular weight excluding hydrogens is 388 g/mol. The molecule has 5 heteroatoms. The van der Waals surface area contributed by atoms with Gasteiger partial charge in [0.2, 0.25) is 11.8 Å². The van der Waals surface area contributed by atoms with Gasteiger partial charge in [-0.1, -0.05) is 117 Å². The van der Waals surface area contributed by atoms with Crippen molar-refractivity contribution in [2.45, 2.75) is 142 Å². The molecule has 0 rings (SSSR count). The van der Waals surface area contributed by atoms with E-state index in [-0.39, 0.29) is 18.4 Å². The van der Waals surface area contributed by atoms with Gasteiger partial charge in [0, 0.05) is 13.0 Å². The van der Waals surface area contributed by atoms with E-state index in [2.05, 4.69) is 24.5 Å². The average molecular weight is 441 g/mol. The highest BCUT2D eigenvalue weighted by molar-refractivity contribution is 5.87. The molecule has 5 nitrogen and oxygen atoms in total. The lowest BCUT2D eigenvalue weighted by Crippen LogP contribution is -2.49. The minimum absolute atomic E-state index is 0.139. The summed E-state index contributed by atoms with van der Waals surface area (Å²) >= 11 is 0. The normalized spacial score (nSPS) is 12.0. The van der Waals surface area contributed by atoms with E-state index in [4.69, 9.17) is 0 Å². The van der Waals surface area contributed by atoms with Crippen LogP contribution < -0.4 is 10.6 Å². The Kier molecular flexibility index (Phi) is 22.7. The van der Waals surface area contributed by atoms with E-state index in [1.165, 1.54) is 89.9 Å². The molecular formula is C26H52N2O3. The summed E-state index contributed by atoms with van der Waals surface area (Å²) in [5.41, 5.74) is 0. The van der Waals surface area contributed by atoms with E-state index in [1.54, 1.807) is 0 Å². The number of aliphatic hydroxyl groups is 1. The first-order chi connectivity index (χ1) is 15.2. The third-order valence-corrected chi connectivity index (χ3v) is 5.92. The zero-order valence-corrected chi connectivity index (χ0v) is 20.7. The van der Waals surface area contributed by atoms with Gasteiger partial charge in [-0.25, -0.2) is 0 Å². The molecule has 0 aromatic rings. The predicted octanol–water partition coefficient (Wildman–Crippen LogP) is 6.03. The fourth-order valence-corrected chi connectivity index (χ4v) is 3.83. The Morgan fingerprint density at radius 3 is 1.52 bits per heavy atom. The maximum atomic E-state index is 12.2. The van der Waals surface area contributed by atoms with Crippen LogP contribution in [0.15, 0.2) is 0 Å². The van der Waals surface area contributed by atoms with Crippen molar-refractivity contribution in [2.24, 2.45) is 0 Å². The van der Waals surface area contributed by atoms with Gasteiger partial charge in [-0.3, -0.25) is 9.59 Å². The van der Waals surface area contributed by atoms with Gasteiger partial charge in [0.05, 0.1) is 6.61 Å².